The molecule has 5 nitrogen and oxygen atoms in total. The Bertz CT molecular complexity index is 704. The van der Waals surface area contributed by atoms with Gasteiger partial charge < -0.3 is 10.1 Å². The van der Waals surface area contributed by atoms with Crippen LogP contribution in [0.15, 0.2) is 48.5 Å². The van der Waals surface area contributed by atoms with Gasteiger partial charge in [0.25, 0.3) is 5.91 Å². The number of carbonyl (C=O) groups excluding carboxylic acids is 2. The predicted octanol–water partition coefficient (Wildman–Crippen LogP) is 3.23. The second-order valence-corrected chi connectivity index (χ2v) is 5.25. The maximum Gasteiger partial charge on any atom is 0.321 e. The van der Waals surface area contributed by atoms with Crippen molar-refractivity contribution >= 4 is 23.5 Å². The molecular weight excluding hydrogens is 316 g/mol. The summed E-state index contributed by atoms with van der Waals surface area (Å²) >= 11 is 6.23. The number of amides is 3. The lowest BCUT2D eigenvalue weighted by Gasteiger charge is -2.15. The van der Waals surface area contributed by atoms with E-state index in [2.05, 4.69) is 10.6 Å². The lowest BCUT2D eigenvalue weighted by molar-refractivity contribution is -0.126. The van der Waals surface area contributed by atoms with Gasteiger partial charge in [0.1, 0.15) is 5.75 Å². The van der Waals surface area contributed by atoms with E-state index in [0.29, 0.717) is 10.8 Å². The molecule has 0 spiro atoms. The molecule has 6 heteroatoms. The molecule has 0 saturated carbocycles. The topological polar surface area (TPSA) is 67.4 Å². The number of carbonyl (C=O) groups is 2. The van der Waals surface area contributed by atoms with E-state index in [4.69, 9.17) is 16.3 Å². The van der Waals surface area contributed by atoms with E-state index in [1.54, 1.807) is 19.1 Å². The van der Waals surface area contributed by atoms with Crippen LogP contribution >= 0.6 is 11.6 Å². The Hall–Kier alpha value is -2.53. The Morgan fingerprint density at radius 1 is 1.09 bits per heavy atom. The molecule has 0 saturated heterocycles. The summed E-state index contributed by atoms with van der Waals surface area (Å²) in [6, 6.07) is 14.5. The summed E-state index contributed by atoms with van der Waals surface area (Å²) in [4.78, 5) is 22.9. The molecule has 23 heavy (non-hydrogen) atoms. The lowest BCUT2D eigenvalue weighted by atomic mass is 10.1. The molecule has 2 N–H and O–H groups in total. The summed E-state index contributed by atoms with van der Waals surface area (Å²) in [5, 5.41) is 4.84. The normalized spacial score (nSPS) is 11.4. The van der Waals surface area contributed by atoms with Crippen molar-refractivity contribution in [1.82, 2.24) is 10.6 Å². The molecule has 0 aliphatic carbocycles. The van der Waals surface area contributed by atoms with E-state index >= 15 is 0 Å². The van der Waals surface area contributed by atoms with Crippen molar-refractivity contribution in [2.45, 2.75) is 13.0 Å². The average molecular weight is 333 g/mol. The zero-order valence-corrected chi connectivity index (χ0v) is 13.6. The fourth-order valence-electron chi connectivity index (χ4n) is 1.93. The van der Waals surface area contributed by atoms with Gasteiger partial charge in [-0.05, 0) is 30.2 Å². The molecule has 1 unspecified atom stereocenters. The Morgan fingerprint density at radius 3 is 2.39 bits per heavy atom. The fraction of sp³-hybridized carbons (Fsp3) is 0.176. The van der Waals surface area contributed by atoms with Crippen LogP contribution in [0.25, 0.3) is 11.1 Å². The molecule has 0 aliphatic heterocycles. The third kappa shape index (κ3) is 4.47. The van der Waals surface area contributed by atoms with Crippen LogP contribution < -0.4 is 15.4 Å². The van der Waals surface area contributed by atoms with Crippen LogP contribution in [0.4, 0.5) is 4.79 Å². The Balaban J connectivity index is 2.09. The van der Waals surface area contributed by atoms with E-state index in [1.165, 1.54) is 7.05 Å². The van der Waals surface area contributed by atoms with Gasteiger partial charge >= 0.3 is 6.03 Å². The summed E-state index contributed by atoms with van der Waals surface area (Å²) in [5.74, 6) is -0.168. The number of hydrogen-bond donors (Lipinski definition) is 2. The van der Waals surface area contributed by atoms with Crippen molar-refractivity contribution in [2.24, 2.45) is 0 Å². The summed E-state index contributed by atoms with van der Waals surface area (Å²) < 4.78 is 5.52. The van der Waals surface area contributed by atoms with E-state index < -0.39 is 18.0 Å². The smallest absolute Gasteiger partial charge is 0.321 e. The zero-order valence-electron chi connectivity index (χ0n) is 12.8. The standard InChI is InChI=1S/C17H17ClN2O3/c1-11(16(21)20-17(22)19-2)23-15-9-8-13(10-14(15)18)12-6-4-3-5-7-12/h3-11H,1-2H3,(H2,19,20,21,22). The molecule has 2 aromatic rings. The zero-order chi connectivity index (χ0) is 16.8. The molecule has 3 amide bonds. The number of nitrogens with one attached hydrogen (secondary N) is 2. The largest absolute Gasteiger partial charge is 0.479 e. The van der Waals surface area contributed by atoms with Gasteiger partial charge in [-0.15, -0.1) is 0 Å². The lowest BCUT2D eigenvalue weighted by Crippen LogP contribution is -2.43. The highest BCUT2D eigenvalue weighted by Crippen LogP contribution is 2.30. The van der Waals surface area contributed by atoms with Gasteiger partial charge in [-0.25, -0.2) is 4.79 Å². The molecule has 0 aromatic heterocycles. The molecule has 2 aromatic carbocycles. The average Bonchev–Trinajstić information content (AvgIpc) is 2.57. The van der Waals surface area contributed by atoms with Crippen LogP contribution in [-0.4, -0.2) is 25.1 Å². The van der Waals surface area contributed by atoms with Gasteiger partial charge in [-0.3, -0.25) is 10.1 Å². The van der Waals surface area contributed by atoms with E-state index in [9.17, 15) is 9.59 Å². The minimum absolute atomic E-state index is 0.380. The van der Waals surface area contributed by atoms with Crippen LogP contribution in [0.2, 0.25) is 5.02 Å². The van der Waals surface area contributed by atoms with Gasteiger partial charge in [0.05, 0.1) is 5.02 Å². The maximum absolute atomic E-state index is 11.8. The highest BCUT2D eigenvalue weighted by atomic mass is 35.5. The first-order valence-electron chi connectivity index (χ1n) is 7.05. The monoisotopic (exact) mass is 332 g/mol. The first-order valence-corrected chi connectivity index (χ1v) is 7.43. The summed E-state index contributed by atoms with van der Waals surface area (Å²) in [6.07, 6.45) is -0.854. The second kappa shape index (κ2) is 7.65. The number of halogens is 1. The third-order valence-electron chi connectivity index (χ3n) is 3.18. The minimum Gasteiger partial charge on any atom is -0.479 e. The van der Waals surface area contributed by atoms with Gasteiger partial charge in [-0.2, -0.15) is 0 Å². The summed E-state index contributed by atoms with van der Waals surface area (Å²) in [6.45, 7) is 1.54. The SMILES string of the molecule is CNC(=O)NC(=O)C(C)Oc1ccc(-c2ccccc2)cc1Cl. The number of rotatable bonds is 4. The molecular formula is C17H17ClN2O3. The molecule has 0 bridgehead atoms. The number of hydrogen-bond acceptors (Lipinski definition) is 3. The van der Waals surface area contributed by atoms with Gasteiger partial charge in [-0.1, -0.05) is 48.0 Å². The van der Waals surface area contributed by atoms with E-state index in [1.807, 2.05) is 36.4 Å². The van der Waals surface area contributed by atoms with Crippen LogP contribution in [0.3, 0.4) is 0 Å². The second-order valence-electron chi connectivity index (χ2n) is 4.84. The van der Waals surface area contributed by atoms with Crippen molar-refractivity contribution in [2.75, 3.05) is 7.05 Å². The molecule has 120 valence electrons. The predicted molar refractivity (Wildman–Crippen MR) is 89.6 cm³/mol. The van der Waals surface area contributed by atoms with Crippen molar-refractivity contribution < 1.29 is 14.3 Å². The molecule has 0 heterocycles. The molecule has 2 rings (SSSR count). The molecule has 0 fully saturated rings. The number of urea groups is 1. The summed E-state index contributed by atoms with van der Waals surface area (Å²) in [7, 11) is 1.42. The van der Waals surface area contributed by atoms with E-state index in [-0.39, 0.29) is 0 Å². The number of imide groups is 1. The van der Waals surface area contributed by atoms with Crippen LogP contribution in [0, 0.1) is 0 Å². The summed E-state index contributed by atoms with van der Waals surface area (Å²) in [5.41, 5.74) is 1.98. The fourth-order valence-corrected chi connectivity index (χ4v) is 2.15. The third-order valence-corrected chi connectivity index (χ3v) is 3.47. The van der Waals surface area contributed by atoms with Crippen molar-refractivity contribution in [3.8, 4) is 16.9 Å². The van der Waals surface area contributed by atoms with Crippen LogP contribution in [0.5, 0.6) is 5.75 Å². The van der Waals surface area contributed by atoms with Crippen molar-refractivity contribution in [3.63, 3.8) is 0 Å². The maximum atomic E-state index is 11.8. The van der Waals surface area contributed by atoms with Crippen LogP contribution in [-0.2, 0) is 4.79 Å². The highest BCUT2D eigenvalue weighted by molar-refractivity contribution is 6.32. The minimum atomic E-state index is -0.854. The Morgan fingerprint density at radius 2 is 1.78 bits per heavy atom. The van der Waals surface area contributed by atoms with Gasteiger partial charge in [0.15, 0.2) is 6.10 Å². The molecule has 0 radical (unpaired) electrons. The van der Waals surface area contributed by atoms with Gasteiger partial charge in [0.2, 0.25) is 0 Å². The molecule has 0 aliphatic rings. The van der Waals surface area contributed by atoms with Crippen LogP contribution in [0.1, 0.15) is 6.92 Å². The Labute approximate surface area is 139 Å². The quantitative estimate of drug-likeness (QED) is 0.903. The van der Waals surface area contributed by atoms with Gasteiger partial charge in [0, 0.05) is 7.05 Å². The van der Waals surface area contributed by atoms with Crippen molar-refractivity contribution in [1.29, 1.82) is 0 Å². The first kappa shape index (κ1) is 16.8. The van der Waals surface area contributed by atoms with E-state index in [0.717, 1.165) is 11.1 Å². The first-order chi connectivity index (χ1) is 11.0. The Kier molecular flexibility index (Phi) is 5.60. The number of benzene rings is 2. The number of ether oxygens (including phenoxy) is 1. The molecule has 1 atom stereocenters. The highest BCUT2D eigenvalue weighted by Gasteiger charge is 2.18. The van der Waals surface area contributed by atoms with Crippen molar-refractivity contribution in [3.05, 3.63) is 53.6 Å².